The van der Waals surface area contributed by atoms with Gasteiger partial charge in [0.1, 0.15) is 5.82 Å². The summed E-state index contributed by atoms with van der Waals surface area (Å²) >= 11 is 0. The van der Waals surface area contributed by atoms with Gasteiger partial charge in [-0.2, -0.15) is 18.2 Å². The van der Waals surface area contributed by atoms with Gasteiger partial charge < -0.3 is 14.4 Å². The number of rotatable bonds is 5. The number of alkyl halides is 3. The number of carboxylic acid groups (broad SMARTS) is 1. The third-order valence-corrected chi connectivity index (χ3v) is 3.78. The van der Waals surface area contributed by atoms with E-state index in [-0.39, 0.29) is 5.82 Å². The molecule has 1 N–H and O–H groups in total. The molecular formula is C17H19F4N3O4. The fourth-order valence-electron chi connectivity index (χ4n) is 2.35. The SMILES string of the molecule is Fc1ccc(-c2noc(CCCN3CCOCC3)n2)cc1.O=C(O)C(F)(F)F. The van der Waals surface area contributed by atoms with E-state index in [1.807, 2.05) is 0 Å². The van der Waals surface area contributed by atoms with Crippen LogP contribution in [0.15, 0.2) is 28.8 Å². The van der Waals surface area contributed by atoms with Gasteiger partial charge in [-0.3, -0.25) is 4.90 Å². The highest BCUT2D eigenvalue weighted by molar-refractivity contribution is 5.73. The molecule has 0 bridgehead atoms. The summed E-state index contributed by atoms with van der Waals surface area (Å²) < 4.78 is 55.2. The number of hydrogen-bond acceptors (Lipinski definition) is 6. The molecule has 7 nitrogen and oxygen atoms in total. The first kappa shape index (κ1) is 21.8. The van der Waals surface area contributed by atoms with E-state index >= 15 is 0 Å². The van der Waals surface area contributed by atoms with Gasteiger partial charge in [0.25, 0.3) is 0 Å². The van der Waals surface area contributed by atoms with E-state index in [0.717, 1.165) is 51.3 Å². The van der Waals surface area contributed by atoms with Gasteiger partial charge >= 0.3 is 12.1 Å². The molecule has 0 saturated carbocycles. The number of carbonyl (C=O) groups is 1. The molecule has 0 spiro atoms. The van der Waals surface area contributed by atoms with Gasteiger partial charge in [-0.05, 0) is 37.2 Å². The third-order valence-electron chi connectivity index (χ3n) is 3.78. The average Bonchev–Trinajstić information content (AvgIpc) is 3.12. The Labute approximate surface area is 157 Å². The Balaban J connectivity index is 0.000000345. The van der Waals surface area contributed by atoms with Crippen LogP contribution in [0.25, 0.3) is 11.4 Å². The lowest BCUT2D eigenvalue weighted by atomic mass is 10.2. The summed E-state index contributed by atoms with van der Waals surface area (Å²) in [6.45, 7) is 4.62. The van der Waals surface area contributed by atoms with Crippen LogP contribution in [0, 0.1) is 5.82 Å². The van der Waals surface area contributed by atoms with Crippen molar-refractivity contribution in [3.8, 4) is 11.4 Å². The van der Waals surface area contributed by atoms with Crippen molar-refractivity contribution < 1.29 is 36.7 Å². The first-order valence-corrected chi connectivity index (χ1v) is 8.44. The van der Waals surface area contributed by atoms with Crippen molar-refractivity contribution in [2.24, 2.45) is 0 Å². The first-order valence-electron chi connectivity index (χ1n) is 8.44. The Morgan fingerprint density at radius 2 is 1.79 bits per heavy atom. The van der Waals surface area contributed by atoms with E-state index in [1.165, 1.54) is 12.1 Å². The molecule has 0 aliphatic carbocycles. The Hall–Kier alpha value is -2.53. The minimum absolute atomic E-state index is 0.270. The first-order chi connectivity index (χ1) is 13.3. The minimum atomic E-state index is -5.08. The molecule has 1 aromatic heterocycles. The Morgan fingerprint density at radius 1 is 1.18 bits per heavy atom. The van der Waals surface area contributed by atoms with Crippen LogP contribution in [0.3, 0.4) is 0 Å². The number of ether oxygens (including phenoxy) is 1. The molecule has 154 valence electrons. The molecule has 1 aromatic carbocycles. The number of aromatic nitrogens is 2. The minimum Gasteiger partial charge on any atom is -0.475 e. The fraction of sp³-hybridized carbons (Fsp3) is 0.471. The third kappa shape index (κ3) is 7.24. The molecule has 1 fully saturated rings. The lowest BCUT2D eigenvalue weighted by molar-refractivity contribution is -0.192. The van der Waals surface area contributed by atoms with Gasteiger partial charge in [0, 0.05) is 25.1 Å². The van der Waals surface area contributed by atoms with Gasteiger partial charge in [0.15, 0.2) is 0 Å². The molecule has 0 amide bonds. The zero-order chi connectivity index (χ0) is 20.6. The highest BCUT2D eigenvalue weighted by Crippen LogP contribution is 2.16. The number of benzene rings is 1. The second-order valence-electron chi connectivity index (χ2n) is 5.88. The molecule has 0 atom stereocenters. The number of aryl methyl sites for hydroxylation is 1. The molecule has 1 saturated heterocycles. The number of nitrogens with zero attached hydrogens (tertiary/aromatic N) is 3. The summed E-state index contributed by atoms with van der Waals surface area (Å²) in [7, 11) is 0. The van der Waals surface area contributed by atoms with Crippen LogP contribution < -0.4 is 0 Å². The van der Waals surface area contributed by atoms with Crippen LogP contribution in [0.5, 0.6) is 0 Å². The molecule has 0 unspecified atom stereocenters. The number of halogens is 4. The van der Waals surface area contributed by atoms with E-state index < -0.39 is 12.1 Å². The van der Waals surface area contributed by atoms with Crippen LogP contribution in [0.2, 0.25) is 0 Å². The number of carboxylic acids is 1. The predicted molar refractivity (Wildman–Crippen MR) is 89.0 cm³/mol. The summed E-state index contributed by atoms with van der Waals surface area (Å²) in [5.41, 5.74) is 0.763. The van der Waals surface area contributed by atoms with Gasteiger partial charge in [-0.1, -0.05) is 5.16 Å². The second-order valence-corrected chi connectivity index (χ2v) is 5.88. The molecule has 3 rings (SSSR count). The quantitative estimate of drug-likeness (QED) is 0.766. The zero-order valence-corrected chi connectivity index (χ0v) is 14.8. The molecule has 1 aliphatic heterocycles. The normalized spacial score (nSPS) is 15.0. The van der Waals surface area contributed by atoms with E-state index in [0.29, 0.717) is 11.7 Å². The van der Waals surface area contributed by atoms with Crippen LogP contribution in [-0.4, -0.2) is 65.1 Å². The maximum atomic E-state index is 12.9. The zero-order valence-electron chi connectivity index (χ0n) is 14.8. The smallest absolute Gasteiger partial charge is 0.475 e. The second kappa shape index (κ2) is 10.1. The van der Waals surface area contributed by atoms with Crippen molar-refractivity contribution in [1.29, 1.82) is 0 Å². The summed E-state index contributed by atoms with van der Waals surface area (Å²) in [5, 5.41) is 11.1. The lowest BCUT2D eigenvalue weighted by Gasteiger charge is -2.26. The molecule has 28 heavy (non-hydrogen) atoms. The van der Waals surface area contributed by atoms with Crippen LogP contribution in [0.4, 0.5) is 17.6 Å². The number of aliphatic carboxylic acids is 1. The van der Waals surface area contributed by atoms with Crippen molar-refractivity contribution in [1.82, 2.24) is 15.0 Å². The lowest BCUT2D eigenvalue weighted by Crippen LogP contribution is -2.36. The van der Waals surface area contributed by atoms with Crippen molar-refractivity contribution in [2.75, 3.05) is 32.8 Å². The van der Waals surface area contributed by atoms with E-state index in [1.54, 1.807) is 12.1 Å². The fourth-order valence-corrected chi connectivity index (χ4v) is 2.35. The van der Waals surface area contributed by atoms with Crippen LogP contribution in [-0.2, 0) is 16.0 Å². The van der Waals surface area contributed by atoms with Crippen molar-refractivity contribution in [2.45, 2.75) is 19.0 Å². The number of hydrogen-bond donors (Lipinski definition) is 1. The van der Waals surface area contributed by atoms with Crippen LogP contribution in [0.1, 0.15) is 12.3 Å². The molecule has 2 aromatic rings. The molecular weight excluding hydrogens is 386 g/mol. The standard InChI is InChI=1S/C15H18FN3O2.C2HF3O2/c16-13-5-3-12(4-6-13)15-17-14(21-18-15)2-1-7-19-8-10-20-11-9-19;3-2(4,5)1(6)7/h3-6H,1-2,7-11H2;(H,6,7). The van der Waals surface area contributed by atoms with E-state index in [9.17, 15) is 17.6 Å². The van der Waals surface area contributed by atoms with E-state index in [2.05, 4.69) is 15.0 Å². The van der Waals surface area contributed by atoms with Crippen molar-refractivity contribution in [3.63, 3.8) is 0 Å². The molecule has 11 heteroatoms. The van der Waals surface area contributed by atoms with Crippen LogP contribution >= 0.6 is 0 Å². The number of morpholine rings is 1. The molecule has 1 aliphatic rings. The largest absolute Gasteiger partial charge is 0.490 e. The van der Waals surface area contributed by atoms with Gasteiger partial charge in [0.05, 0.1) is 13.2 Å². The summed E-state index contributed by atoms with van der Waals surface area (Å²) in [5.74, 6) is -1.89. The highest BCUT2D eigenvalue weighted by Gasteiger charge is 2.38. The van der Waals surface area contributed by atoms with Crippen molar-refractivity contribution >= 4 is 5.97 Å². The summed E-state index contributed by atoms with van der Waals surface area (Å²) in [6.07, 6.45) is -3.35. The van der Waals surface area contributed by atoms with Gasteiger partial charge in [0.2, 0.25) is 11.7 Å². The maximum Gasteiger partial charge on any atom is 0.490 e. The summed E-state index contributed by atoms with van der Waals surface area (Å²) in [6, 6.07) is 6.09. The monoisotopic (exact) mass is 405 g/mol. The summed E-state index contributed by atoms with van der Waals surface area (Å²) in [4.78, 5) is 15.6. The molecule has 0 radical (unpaired) electrons. The topological polar surface area (TPSA) is 88.7 Å². The van der Waals surface area contributed by atoms with Gasteiger partial charge in [-0.25, -0.2) is 9.18 Å². The van der Waals surface area contributed by atoms with E-state index in [4.69, 9.17) is 19.2 Å². The highest BCUT2D eigenvalue weighted by atomic mass is 19.4. The Morgan fingerprint density at radius 3 is 2.36 bits per heavy atom. The maximum absolute atomic E-state index is 12.9. The molecule has 2 heterocycles. The Kier molecular flexibility index (Phi) is 7.88. The van der Waals surface area contributed by atoms with Gasteiger partial charge in [-0.15, -0.1) is 0 Å². The average molecular weight is 405 g/mol. The Bertz CT molecular complexity index is 744. The van der Waals surface area contributed by atoms with Crippen molar-refractivity contribution in [3.05, 3.63) is 36.0 Å². The predicted octanol–water partition coefficient (Wildman–Crippen LogP) is 2.77.